The minimum atomic E-state index is -0.425. The molecule has 3 atom stereocenters. The zero-order valence-corrected chi connectivity index (χ0v) is 13.6. The van der Waals surface area contributed by atoms with Crippen molar-refractivity contribution in [1.82, 2.24) is 0 Å². The van der Waals surface area contributed by atoms with Gasteiger partial charge in [0.05, 0.1) is 13.2 Å². The summed E-state index contributed by atoms with van der Waals surface area (Å²) in [6.07, 6.45) is -0.133. The van der Waals surface area contributed by atoms with Crippen molar-refractivity contribution in [3.05, 3.63) is 23.8 Å². The SMILES string of the molecule is CCOC1C(O)CC1Oc1ccc(OC)cc1C(C)(C)C. The standard InChI is InChI=1S/C17H26O4/c1-6-20-16-13(18)10-15(16)21-14-8-7-11(19-5)9-12(14)17(2,3)4/h7-9,13,15-16,18H,6,10H2,1-5H3. The van der Waals surface area contributed by atoms with Crippen molar-refractivity contribution >= 4 is 0 Å². The lowest BCUT2D eigenvalue weighted by atomic mass is 9.85. The van der Waals surface area contributed by atoms with Gasteiger partial charge in [-0.3, -0.25) is 0 Å². The molecule has 1 aliphatic carbocycles. The average molecular weight is 294 g/mol. The molecule has 0 aliphatic heterocycles. The van der Waals surface area contributed by atoms with Crippen LogP contribution in [-0.2, 0) is 10.2 Å². The molecule has 1 fully saturated rings. The van der Waals surface area contributed by atoms with E-state index in [9.17, 15) is 5.11 Å². The van der Waals surface area contributed by atoms with Crippen LogP contribution in [-0.4, -0.2) is 37.1 Å². The van der Waals surface area contributed by atoms with Gasteiger partial charge in [-0.1, -0.05) is 20.8 Å². The van der Waals surface area contributed by atoms with Gasteiger partial charge in [-0.2, -0.15) is 0 Å². The lowest BCUT2D eigenvalue weighted by Gasteiger charge is -2.41. The van der Waals surface area contributed by atoms with Gasteiger partial charge in [-0.05, 0) is 30.5 Å². The van der Waals surface area contributed by atoms with Gasteiger partial charge in [-0.15, -0.1) is 0 Å². The molecule has 0 amide bonds. The van der Waals surface area contributed by atoms with Crippen LogP contribution in [0.4, 0.5) is 0 Å². The predicted octanol–water partition coefficient (Wildman–Crippen LogP) is 2.91. The van der Waals surface area contributed by atoms with Crippen molar-refractivity contribution in [2.24, 2.45) is 0 Å². The average Bonchev–Trinajstić information content (AvgIpc) is 2.43. The van der Waals surface area contributed by atoms with Crippen molar-refractivity contribution in [2.75, 3.05) is 13.7 Å². The molecule has 21 heavy (non-hydrogen) atoms. The molecule has 1 saturated carbocycles. The first-order chi connectivity index (χ1) is 9.86. The van der Waals surface area contributed by atoms with Gasteiger partial charge in [0, 0.05) is 18.6 Å². The Bertz CT molecular complexity index is 478. The van der Waals surface area contributed by atoms with E-state index in [1.807, 2.05) is 25.1 Å². The highest BCUT2D eigenvalue weighted by Gasteiger charge is 2.43. The largest absolute Gasteiger partial charge is 0.497 e. The fourth-order valence-electron chi connectivity index (χ4n) is 2.57. The van der Waals surface area contributed by atoms with Crippen molar-refractivity contribution in [2.45, 2.75) is 57.8 Å². The van der Waals surface area contributed by atoms with E-state index < -0.39 is 6.10 Å². The van der Waals surface area contributed by atoms with Crippen molar-refractivity contribution < 1.29 is 19.3 Å². The molecule has 0 heterocycles. The molecule has 1 aromatic carbocycles. The molecule has 4 nitrogen and oxygen atoms in total. The Balaban J connectivity index is 2.20. The van der Waals surface area contributed by atoms with Crippen LogP contribution in [0.15, 0.2) is 18.2 Å². The third-order valence-corrected chi connectivity index (χ3v) is 3.85. The Kier molecular flexibility index (Phi) is 4.79. The van der Waals surface area contributed by atoms with Crippen LogP contribution >= 0.6 is 0 Å². The van der Waals surface area contributed by atoms with Crippen molar-refractivity contribution in [3.8, 4) is 11.5 Å². The molecular weight excluding hydrogens is 268 g/mol. The molecule has 0 bridgehead atoms. The Morgan fingerprint density at radius 2 is 2.00 bits per heavy atom. The third-order valence-electron chi connectivity index (χ3n) is 3.85. The summed E-state index contributed by atoms with van der Waals surface area (Å²) in [4.78, 5) is 0. The molecule has 118 valence electrons. The van der Waals surface area contributed by atoms with E-state index >= 15 is 0 Å². The molecule has 0 aromatic heterocycles. The molecule has 1 N–H and O–H groups in total. The molecule has 1 aliphatic rings. The van der Waals surface area contributed by atoms with Gasteiger partial charge in [0.15, 0.2) is 0 Å². The van der Waals surface area contributed by atoms with E-state index in [2.05, 4.69) is 20.8 Å². The van der Waals surface area contributed by atoms with E-state index in [4.69, 9.17) is 14.2 Å². The minimum absolute atomic E-state index is 0.0483. The fraction of sp³-hybridized carbons (Fsp3) is 0.647. The van der Waals surface area contributed by atoms with E-state index in [-0.39, 0.29) is 17.6 Å². The van der Waals surface area contributed by atoms with Gasteiger partial charge in [0.25, 0.3) is 0 Å². The Morgan fingerprint density at radius 1 is 1.29 bits per heavy atom. The van der Waals surface area contributed by atoms with Crippen molar-refractivity contribution in [1.29, 1.82) is 0 Å². The quantitative estimate of drug-likeness (QED) is 0.907. The number of aliphatic hydroxyl groups excluding tert-OH is 1. The van der Waals surface area contributed by atoms with Crippen LogP contribution in [0, 0.1) is 0 Å². The second-order valence-electron chi connectivity index (χ2n) is 6.49. The number of methoxy groups -OCH3 is 1. The first kappa shape index (κ1) is 16.1. The number of rotatable bonds is 5. The Hall–Kier alpha value is -1.26. The van der Waals surface area contributed by atoms with E-state index in [0.717, 1.165) is 17.1 Å². The highest BCUT2D eigenvalue weighted by molar-refractivity contribution is 5.44. The maximum absolute atomic E-state index is 9.77. The number of hydrogen-bond acceptors (Lipinski definition) is 4. The van der Waals surface area contributed by atoms with Crippen LogP contribution in [0.5, 0.6) is 11.5 Å². The van der Waals surface area contributed by atoms with E-state index in [1.165, 1.54) is 0 Å². The highest BCUT2D eigenvalue weighted by atomic mass is 16.6. The van der Waals surface area contributed by atoms with Gasteiger partial charge in [0.1, 0.15) is 23.7 Å². The highest BCUT2D eigenvalue weighted by Crippen LogP contribution is 2.37. The van der Waals surface area contributed by atoms with Gasteiger partial charge in [0.2, 0.25) is 0 Å². The van der Waals surface area contributed by atoms with Crippen LogP contribution in [0.1, 0.15) is 39.7 Å². The van der Waals surface area contributed by atoms with Gasteiger partial charge in [-0.25, -0.2) is 0 Å². The fourth-order valence-corrected chi connectivity index (χ4v) is 2.57. The van der Waals surface area contributed by atoms with E-state index in [1.54, 1.807) is 7.11 Å². The van der Waals surface area contributed by atoms with E-state index in [0.29, 0.717) is 13.0 Å². The molecular formula is C17H26O4. The number of ether oxygens (including phenoxy) is 3. The molecule has 2 rings (SSSR count). The molecule has 0 radical (unpaired) electrons. The molecule has 0 saturated heterocycles. The third kappa shape index (κ3) is 3.50. The van der Waals surface area contributed by atoms with Gasteiger partial charge >= 0.3 is 0 Å². The van der Waals surface area contributed by atoms with Crippen LogP contribution in [0.2, 0.25) is 0 Å². The second kappa shape index (κ2) is 6.24. The minimum Gasteiger partial charge on any atom is -0.497 e. The molecule has 0 spiro atoms. The maximum Gasteiger partial charge on any atom is 0.130 e. The molecule has 4 heteroatoms. The summed E-state index contributed by atoms with van der Waals surface area (Å²) < 4.78 is 17.0. The monoisotopic (exact) mass is 294 g/mol. The number of benzene rings is 1. The summed E-state index contributed by atoms with van der Waals surface area (Å²) in [6, 6.07) is 5.85. The number of hydrogen-bond donors (Lipinski definition) is 1. The first-order valence-electron chi connectivity index (χ1n) is 7.51. The predicted molar refractivity (Wildman–Crippen MR) is 82.1 cm³/mol. The first-order valence-corrected chi connectivity index (χ1v) is 7.51. The smallest absolute Gasteiger partial charge is 0.130 e. The van der Waals surface area contributed by atoms with Gasteiger partial charge < -0.3 is 19.3 Å². The van der Waals surface area contributed by atoms with Crippen LogP contribution in [0.25, 0.3) is 0 Å². The van der Waals surface area contributed by atoms with Crippen LogP contribution < -0.4 is 9.47 Å². The normalized spacial score (nSPS) is 25.3. The molecule has 3 unspecified atom stereocenters. The Morgan fingerprint density at radius 3 is 2.52 bits per heavy atom. The second-order valence-corrected chi connectivity index (χ2v) is 6.49. The Labute approximate surface area is 127 Å². The topological polar surface area (TPSA) is 47.9 Å². The zero-order valence-electron chi connectivity index (χ0n) is 13.6. The zero-order chi connectivity index (χ0) is 15.6. The summed E-state index contributed by atoms with van der Waals surface area (Å²) in [5.74, 6) is 1.66. The summed E-state index contributed by atoms with van der Waals surface area (Å²) in [5.41, 5.74) is 1.05. The summed E-state index contributed by atoms with van der Waals surface area (Å²) in [6.45, 7) is 8.94. The van der Waals surface area contributed by atoms with Crippen molar-refractivity contribution in [3.63, 3.8) is 0 Å². The molecule has 1 aromatic rings. The summed E-state index contributed by atoms with van der Waals surface area (Å²) in [7, 11) is 1.66. The van der Waals surface area contributed by atoms with Crippen LogP contribution in [0.3, 0.4) is 0 Å². The number of aliphatic hydroxyl groups is 1. The lowest BCUT2D eigenvalue weighted by Crippen LogP contribution is -2.55. The maximum atomic E-state index is 9.77. The summed E-state index contributed by atoms with van der Waals surface area (Å²) in [5, 5.41) is 9.77. The summed E-state index contributed by atoms with van der Waals surface area (Å²) >= 11 is 0. The lowest BCUT2D eigenvalue weighted by molar-refractivity contribution is -0.160.